The van der Waals surface area contributed by atoms with E-state index in [1.54, 1.807) is 0 Å². The van der Waals surface area contributed by atoms with Crippen molar-refractivity contribution in [2.45, 2.75) is 50.7 Å². The van der Waals surface area contributed by atoms with Crippen LogP contribution in [0.3, 0.4) is 0 Å². The molecule has 112 valence electrons. The van der Waals surface area contributed by atoms with Crippen molar-refractivity contribution in [3.05, 3.63) is 34.3 Å². The van der Waals surface area contributed by atoms with E-state index in [0.29, 0.717) is 12.6 Å². The highest BCUT2D eigenvalue weighted by molar-refractivity contribution is 9.10. The molecule has 0 spiro atoms. The van der Waals surface area contributed by atoms with E-state index in [1.165, 1.54) is 31.2 Å². The number of nitrogens with zero attached hydrogens (tertiary/aromatic N) is 1. The number of halogens is 1. The summed E-state index contributed by atoms with van der Waals surface area (Å²) < 4.78 is 1.10. The number of hydrogen-bond donors (Lipinski definition) is 2. The fraction of sp³-hybridized carbons (Fsp3) is 0.625. The quantitative estimate of drug-likeness (QED) is 0.836. The Bertz CT molecular complexity index is 419. The first-order valence-corrected chi connectivity index (χ1v) is 8.31. The van der Waals surface area contributed by atoms with E-state index in [0.717, 1.165) is 4.47 Å². The van der Waals surface area contributed by atoms with E-state index >= 15 is 0 Å². The summed E-state index contributed by atoms with van der Waals surface area (Å²) in [7, 11) is 0. The van der Waals surface area contributed by atoms with E-state index in [2.05, 4.69) is 46.0 Å². The van der Waals surface area contributed by atoms with E-state index in [1.807, 2.05) is 6.07 Å². The molecule has 20 heavy (non-hydrogen) atoms. The Kier molecular flexibility index (Phi) is 6.02. The second-order valence-electron chi connectivity index (χ2n) is 5.73. The maximum absolute atomic E-state index is 9.45. The smallest absolute Gasteiger partial charge is 0.0558 e. The number of nitrogens with two attached hydrogens (primary N) is 1. The van der Waals surface area contributed by atoms with Gasteiger partial charge in [-0.25, -0.2) is 0 Å². The third kappa shape index (κ3) is 3.61. The molecule has 0 aliphatic heterocycles. The fourth-order valence-corrected chi connectivity index (χ4v) is 3.90. The van der Waals surface area contributed by atoms with Crippen molar-refractivity contribution >= 4 is 15.9 Å². The van der Waals surface area contributed by atoms with Crippen molar-refractivity contribution < 1.29 is 5.11 Å². The van der Waals surface area contributed by atoms with Gasteiger partial charge in [0.25, 0.3) is 0 Å². The SMILES string of the molecule is CC(N)C(c1ccccc1Br)N(CCO)C1CCCC1. The lowest BCUT2D eigenvalue weighted by Crippen LogP contribution is -2.45. The van der Waals surface area contributed by atoms with Gasteiger partial charge >= 0.3 is 0 Å². The summed E-state index contributed by atoms with van der Waals surface area (Å²) in [5.74, 6) is 0. The van der Waals surface area contributed by atoms with Crippen molar-refractivity contribution in [2.24, 2.45) is 5.73 Å². The third-order valence-corrected chi connectivity index (χ3v) is 4.95. The largest absolute Gasteiger partial charge is 0.395 e. The summed E-state index contributed by atoms with van der Waals surface area (Å²) in [5, 5.41) is 9.45. The Balaban J connectivity index is 2.31. The summed E-state index contributed by atoms with van der Waals surface area (Å²) in [6.07, 6.45) is 5.00. The van der Waals surface area contributed by atoms with Crippen molar-refractivity contribution in [3.63, 3.8) is 0 Å². The van der Waals surface area contributed by atoms with Crippen LogP contribution in [0.1, 0.15) is 44.2 Å². The minimum absolute atomic E-state index is 0.0286. The molecule has 1 saturated carbocycles. The van der Waals surface area contributed by atoms with E-state index < -0.39 is 0 Å². The molecule has 2 unspecified atom stereocenters. The average Bonchev–Trinajstić information content (AvgIpc) is 2.93. The predicted octanol–water partition coefficient (Wildman–Crippen LogP) is 3.07. The Labute approximate surface area is 130 Å². The molecular weight excluding hydrogens is 316 g/mol. The lowest BCUT2D eigenvalue weighted by Gasteiger charge is -2.39. The van der Waals surface area contributed by atoms with Gasteiger partial charge in [0.15, 0.2) is 0 Å². The Morgan fingerprint density at radius 2 is 2.00 bits per heavy atom. The van der Waals surface area contributed by atoms with Crippen LogP contribution in [0.4, 0.5) is 0 Å². The van der Waals surface area contributed by atoms with Gasteiger partial charge in [0.05, 0.1) is 12.6 Å². The summed E-state index contributed by atoms with van der Waals surface area (Å²) in [5.41, 5.74) is 7.52. The Morgan fingerprint density at radius 3 is 2.55 bits per heavy atom. The molecule has 0 amide bonds. The molecule has 0 bridgehead atoms. The molecule has 1 aromatic carbocycles. The summed E-state index contributed by atoms with van der Waals surface area (Å²) >= 11 is 3.65. The van der Waals surface area contributed by atoms with Crippen LogP contribution in [0.5, 0.6) is 0 Å². The second-order valence-corrected chi connectivity index (χ2v) is 6.58. The average molecular weight is 341 g/mol. The lowest BCUT2D eigenvalue weighted by molar-refractivity contribution is 0.0918. The highest BCUT2D eigenvalue weighted by Crippen LogP contribution is 2.35. The number of rotatable bonds is 6. The first kappa shape index (κ1) is 16.0. The number of hydrogen-bond acceptors (Lipinski definition) is 3. The highest BCUT2D eigenvalue weighted by Gasteiger charge is 2.32. The maximum atomic E-state index is 9.45. The third-order valence-electron chi connectivity index (χ3n) is 4.23. The zero-order valence-corrected chi connectivity index (χ0v) is 13.7. The van der Waals surface area contributed by atoms with Crippen molar-refractivity contribution in [2.75, 3.05) is 13.2 Å². The van der Waals surface area contributed by atoms with Gasteiger partial charge in [0.2, 0.25) is 0 Å². The first-order chi connectivity index (χ1) is 9.65. The molecule has 0 radical (unpaired) electrons. The van der Waals surface area contributed by atoms with Gasteiger partial charge in [0.1, 0.15) is 0 Å². The van der Waals surface area contributed by atoms with Crippen LogP contribution in [0, 0.1) is 0 Å². The molecule has 1 aliphatic rings. The number of aliphatic hydroxyl groups is 1. The van der Waals surface area contributed by atoms with Crippen LogP contribution in [-0.2, 0) is 0 Å². The number of aliphatic hydroxyl groups excluding tert-OH is 1. The molecule has 4 heteroatoms. The minimum atomic E-state index is 0.0286. The topological polar surface area (TPSA) is 49.5 Å². The van der Waals surface area contributed by atoms with Gasteiger partial charge in [-0.1, -0.05) is 47.0 Å². The molecule has 2 rings (SSSR count). The minimum Gasteiger partial charge on any atom is -0.395 e. The molecule has 0 heterocycles. The molecule has 0 saturated heterocycles. The summed E-state index contributed by atoms with van der Waals surface area (Å²) in [6, 6.07) is 9.01. The zero-order chi connectivity index (χ0) is 14.5. The lowest BCUT2D eigenvalue weighted by atomic mass is 9.97. The molecule has 1 fully saturated rings. The highest BCUT2D eigenvalue weighted by atomic mass is 79.9. The normalized spacial score (nSPS) is 19.4. The monoisotopic (exact) mass is 340 g/mol. The van der Waals surface area contributed by atoms with Gasteiger partial charge in [0, 0.05) is 23.1 Å². The van der Waals surface area contributed by atoms with Crippen LogP contribution >= 0.6 is 15.9 Å². The number of benzene rings is 1. The first-order valence-electron chi connectivity index (χ1n) is 7.51. The maximum Gasteiger partial charge on any atom is 0.0558 e. The Morgan fingerprint density at radius 1 is 1.35 bits per heavy atom. The van der Waals surface area contributed by atoms with Crippen LogP contribution in [-0.4, -0.2) is 35.2 Å². The van der Waals surface area contributed by atoms with Gasteiger partial charge in [-0.05, 0) is 31.4 Å². The molecule has 3 N–H and O–H groups in total. The molecular formula is C16H25BrN2O. The Hall–Kier alpha value is -0.420. The summed E-state index contributed by atoms with van der Waals surface area (Å²) in [4.78, 5) is 2.41. The van der Waals surface area contributed by atoms with E-state index in [-0.39, 0.29) is 18.7 Å². The van der Waals surface area contributed by atoms with Crippen LogP contribution in [0.25, 0.3) is 0 Å². The van der Waals surface area contributed by atoms with Crippen LogP contribution in [0.2, 0.25) is 0 Å². The van der Waals surface area contributed by atoms with Gasteiger partial charge < -0.3 is 10.8 Å². The molecule has 0 aromatic heterocycles. The molecule has 1 aliphatic carbocycles. The van der Waals surface area contributed by atoms with Crippen molar-refractivity contribution in [1.29, 1.82) is 0 Å². The van der Waals surface area contributed by atoms with Crippen molar-refractivity contribution in [3.8, 4) is 0 Å². The predicted molar refractivity (Wildman–Crippen MR) is 86.6 cm³/mol. The van der Waals surface area contributed by atoms with Gasteiger partial charge in [-0.3, -0.25) is 4.90 Å². The van der Waals surface area contributed by atoms with E-state index in [9.17, 15) is 5.11 Å². The summed E-state index contributed by atoms with van der Waals surface area (Å²) in [6.45, 7) is 2.94. The van der Waals surface area contributed by atoms with Gasteiger partial charge in [-0.15, -0.1) is 0 Å². The van der Waals surface area contributed by atoms with Crippen LogP contribution in [0.15, 0.2) is 28.7 Å². The molecule has 1 aromatic rings. The second kappa shape index (κ2) is 7.55. The molecule has 2 atom stereocenters. The van der Waals surface area contributed by atoms with Gasteiger partial charge in [-0.2, -0.15) is 0 Å². The fourth-order valence-electron chi connectivity index (χ4n) is 3.38. The standard InChI is InChI=1S/C16H25BrN2O/c1-12(18)16(14-8-4-5-9-15(14)17)19(10-11-20)13-6-2-3-7-13/h4-5,8-9,12-13,16,20H,2-3,6-7,10-11,18H2,1H3. The van der Waals surface area contributed by atoms with E-state index in [4.69, 9.17) is 5.73 Å². The van der Waals surface area contributed by atoms with Crippen LogP contribution < -0.4 is 5.73 Å². The zero-order valence-electron chi connectivity index (χ0n) is 12.1. The molecule has 3 nitrogen and oxygen atoms in total. The van der Waals surface area contributed by atoms with Crippen molar-refractivity contribution in [1.82, 2.24) is 4.90 Å².